The van der Waals surface area contributed by atoms with Gasteiger partial charge in [-0.2, -0.15) is 5.10 Å². The van der Waals surface area contributed by atoms with Crippen molar-refractivity contribution in [3.63, 3.8) is 0 Å². The fourth-order valence-corrected chi connectivity index (χ4v) is 2.50. The van der Waals surface area contributed by atoms with E-state index in [0.29, 0.717) is 19.6 Å². The number of carbonyl (C=O) groups excluding carboxylic acids is 1. The first-order valence-corrected chi connectivity index (χ1v) is 7.87. The molecule has 6 nitrogen and oxygen atoms in total. The Hall–Kier alpha value is -2.34. The predicted molar refractivity (Wildman–Crippen MR) is 86.8 cm³/mol. The van der Waals surface area contributed by atoms with E-state index in [1.807, 2.05) is 35.1 Å². The molecule has 122 valence electrons. The Morgan fingerprint density at radius 1 is 1.26 bits per heavy atom. The van der Waals surface area contributed by atoms with Crippen molar-refractivity contribution in [2.24, 2.45) is 5.41 Å². The minimum absolute atomic E-state index is 0.0684. The molecule has 2 aromatic rings. The zero-order chi connectivity index (χ0) is 16.1. The molecule has 23 heavy (non-hydrogen) atoms. The van der Waals surface area contributed by atoms with Crippen LogP contribution in [0.4, 0.5) is 4.79 Å². The molecule has 0 spiro atoms. The number of nitrogens with one attached hydrogen (secondary N) is 2. The molecule has 1 aromatic carbocycles. The first-order chi connectivity index (χ1) is 11.2. The summed E-state index contributed by atoms with van der Waals surface area (Å²) in [5.41, 5.74) is 2.12. The summed E-state index contributed by atoms with van der Waals surface area (Å²) in [6, 6.07) is 9.79. The third kappa shape index (κ3) is 4.32. The predicted octanol–water partition coefficient (Wildman–Crippen LogP) is 1.50. The highest BCUT2D eigenvalue weighted by molar-refractivity contribution is 5.73. The molecule has 1 fully saturated rings. The van der Waals surface area contributed by atoms with Crippen LogP contribution in [0.1, 0.15) is 24.0 Å². The zero-order valence-corrected chi connectivity index (χ0v) is 13.0. The molecule has 1 aliphatic carbocycles. The van der Waals surface area contributed by atoms with Gasteiger partial charge >= 0.3 is 6.03 Å². The second-order valence-electron chi connectivity index (χ2n) is 6.22. The van der Waals surface area contributed by atoms with Gasteiger partial charge in [0.1, 0.15) is 0 Å². The summed E-state index contributed by atoms with van der Waals surface area (Å²) < 4.78 is 1.86. The maximum Gasteiger partial charge on any atom is 0.315 e. The number of amides is 2. The van der Waals surface area contributed by atoms with Gasteiger partial charge in [-0.05, 0) is 30.0 Å². The van der Waals surface area contributed by atoms with Crippen molar-refractivity contribution in [3.8, 4) is 0 Å². The van der Waals surface area contributed by atoms with Gasteiger partial charge in [-0.15, -0.1) is 0 Å². The molecule has 0 saturated heterocycles. The highest BCUT2D eigenvalue weighted by atomic mass is 16.3. The van der Waals surface area contributed by atoms with Crippen LogP contribution < -0.4 is 10.6 Å². The fraction of sp³-hybridized carbons (Fsp3) is 0.412. The van der Waals surface area contributed by atoms with Crippen LogP contribution in [0, 0.1) is 5.41 Å². The highest BCUT2D eigenvalue weighted by Gasteiger charge is 2.42. The summed E-state index contributed by atoms with van der Waals surface area (Å²) in [5.74, 6) is 0. The van der Waals surface area contributed by atoms with Gasteiger partial charge in [0.25, 0.3) is 0 Å². The third-order valence-electron chi connectivity index (χ3n) is 4.26. The van der Waals surface area contributed by atoms with E-state index in [0.717, 1.165) is 24.0 Å². The monoisotopic (exact) mass is 314 g/mol. The number of carbonyl (C=O) groups is 1. The van der Waals surface area contributed by atoms with Gasteiger partial charge in [0.2, 0.25) is 0 Å². The Kier molecular flexibility index (Phi) is 4.62. The van der Waals surface area contributed by atoms with Crippen molar-refractivity contribution in [2.45, 2.75) is 25.9 Å². The van der Waals surface area contributed by atoms with Crippen LogP contribution in [0.2, 0.25) is 0 Å². The molecule has 1 aromatic heterocycles. The summed E-state index contributed by atoms with van der Waals surface area (Å²) in [4.78, 5) is 11.8. The van der Waals surface area contributed by atoms with Crippen LogP contribution >= 0.6 is 0 Å². The van der Waals surface area contributed by atoms with E-state index in [2.05, 4.69) is 21.8 Å². The van der Waals surface area contributed by atoms with Crippen molar-refractivity contribution >= 4 is 6.03 Å². The molecule has 0 radical (unpaired) electrons. The smallest absolute Gasteiger partial charge is 0.315 e. The fourth-order valence-electron chi connectivity index (χ4n) is 2.50. The first-order valence-electron chi connectivity index (χ1n) is 7.87. The van der Waals surface area contributed by atoms with Gasteiger partial charge in [0.05, 0.1) is 13.2 Å². The van der Waals surface area contributed by atoms with E-state index in [9.17, 15) is 9.90 Å². The molecule has 6 heteroatoms. The van der Waals surface area contributed by atoms with E-state index in [1.54, 1.807) is 6.20 Å². The van der Waals surface area contributed by atoms with E-state index in [-0.39, 0.29) is 18.1 Å². The number of hydrogen-bond donors (Lipinski definition) is 3. The standard InChI is InChI=1S/C17H22N4O2/c22-13-17(5-6-17)12-19-16(23)18-10-14-3-1-4-15(9-14)11-21-8-2-7-20-21/h1-4,7-9,22H,5-6,10-13H2,(H2,18,19,23). The molecule has 0 atom stereocenters. The Morgan fingerprint density at radius 2 is 2.09 bits per heavy atom. The molecular formula is C17H22N4O2. The van der Waals surface area contributed by atoms with Gasteiger partial charge in [-0.3, -0.25) is 4.68 Å². The summed E-state index contributed by atoms with van der Waals surface area (Å²) in [6.45, 7) is 1.87. The molecule has 3 rings (SSSR count). The highest BCUT2D eigenvalue weighted by Crippen LogP contribution is 2.44. The molecule has 2 amide bonds. The average Bonchev–Trinajstić information content (AvgIpc) is 3.19. The third-order valence-corrected chi connectivity index (χ3v) is 4.26. The normalized spacial score (nSPS) is 15.2. The van der Waals surface area contributed by atoms with Crippen molar-refractivity contribution in [1.82, 2.24) is 20.4 Å². The number of hydrogen-bond acceptors (Lipinski definition) is 3. The Bertz CT molecular complexity index is 650. The van der Waals surface area contributed by atoms with E-state index < -0.39 is 0 Å². The number of urea groups is 1. The van der Waals surface area contributed by atoms with Crippen molar-refractivity contribution in [3.05, 3.63) is 53.9 Å². The Morgan fingerprint density at radius 3 is 2.78 bits per heavy atom. The second-order valence-corrected chi connectivity index (χ2v) is 6.22. The van der Waals surface area contributed by atoms with Crippen LogP contribution in [0.25, 0.3) is 0 Å². The van der Waals surface area contributed by atoms with Gasteiger partial charge in [0.15, 0.2) is 0 Å². The lowest BCUT2D eigenvalue weighted by Crippen LogP contribution is -2.39. The Balaban J connectivity index is 1.47. The number of rotatable bonds is 7. The zero-order valence-electron chi connectivity index (χ0n) is 13.0. The van der Waals surface area contributed by atoms with Gasteiger partial charge in [0, 0.05) is 30.9 Å². The van der Waals surface area contributed by atoms with Gasteiger partial charge in [-0.25, -0.2) is 4.79 Å². The second kappa shape index (κ2) is 6.83. The number of aromatic nitrogens is 2. The Labute approximate surface area is 135 Å². The van der Waals surface area contributed by atoms with Crippen molar-refractivity contribution in [1.29, 1.82) is 0 Å². The van der Waals surface area contributed by atoms with Crippen molar-refractivity contribution in [2.75, 3.05) is 13.2 Å². The maximum atomic E-state index is 11.8. The molecule has 0 bridgehead atoms. The average molecular weight is 314 g/mol. The van der Waals surface area contributed by atoms with Crippen LogP contribution in [-0.4, -0.2) is 34.1 Å². The van der Waals surface area contributed by atoms with E-state index >= 15 is 0 Å². The molecule has 3 N–H and O–H groups in total. The molecule has 1 heterocycles. The van der Waals surface area contributed by atoms with E-state index in [4.69, 9.17) is 0 Å². The van der Waals surface area contributed by atoms with Gasteiger partial charge < -0.3 is 15.7 Å². The lowest BCUT2D eigenvalue weighted by molar-refractivity contribution is 0.203. The minimum Gasteiger partial charge on any atom is -0.396 e. The van der Waals surface area contributed by atoms with Gasteiger partial charge in [-0.1, -0.05) is 24.3 Å². The first kappa shape index (κ1) is 15.6. The lowest BCUT2D eigenvalue weighted by Gasteiger charge is -2.13. The molecule has 0 unspecified atom stereocenters. The quantitative estimate of drug-likeness (QED) is 0.725. The van der Waals surface area contributed by atoms with Crippen LogP contribution in [0.15, 0.2) is 42.7 Å². The summed E-state index contributed by atoms with van der Waals surface area (Å²) in [5, 5.41) is 19.1. The van der Waals surface area contributed by atoms with Crippen LogP contribution in [0.3, 0.4) is 0 Å². The number of aliphatic hydroxyl groups excluding tert-OH is 1. The SMILES string of the molecule is O=C(NCc1cccc(Cn2cccn2)c1)NCC1(CO)CC1. The van der Waals surface area contributed by atoms with Crippen LogP contribution in [0.5, 0.6) is 0 Å². The largest absolute Gasteiger partial charge is 0.396 e. The maximum absolute atomic E-state index is 11.8. The minimum atomic E-state index is -0.192. The summed E-state index contributed by atoms with van der Waals surface area (Å²) in [6.07, 6.45) is 5.65. The topological polar surface area (TPSA) is 79.2 Å². The molecule has 1 aliphatic rings. The van der Waals surface area contributed by atoms with Crippen LogP contribution in [-0.2, 0) is 13.1 Å². The molecule has 0 aliphatic heterocycles. The summed E-state index contributed by atoms with van der Waals surface area (Å²) >= 11 is 0. The summed E-state index contributed by atoms with van der Waals surface area (Å²) in [7, 11) is 0. The molecule has 1 saturated carbocycles. The number of benzene rings is 1. The number of nitrogens with zero attached hydrogens (tertiary/aromatic N) is 2. The molecular weight excluding hydrogens is 292 g/mol. The lowest BCUT2D eigenvalue weighted by atomic mass is 10.1. The number of aliphatic hydroxyl groups is 1. The van der Waals surface area contributed by atoms with Crippen molar-refractivity contribution < 1.29 is 9.90 Å². The van der Waals surface area contributed by atoms with E-state index in [1.165, 1.54) is 0 Å².